The van der Waals surface area contributed by atoms with Crippen LogP contribution < -0.4 is 0 Å². The van der Waals surface area contributed by atoms with Gasteiger partial charge >= 0.3 is 5.97 Å². The molecule has 0 fully saturated rings. The van der Waals surface area contributed by atoms with Gasteiger partial charge in [-0.25, -0.2) is 4.79 Å². The van der Waals surface area contributed by atoms with Gasteiger partial charge in [-0.2, -0.15) is 0 Å². The van der Waals surface area contributed by atoms with E-state index < -0.39 is 17.4 Å². The molecule has 2 atom stereocenters. The van der Waals surface area contributed by atoms with Crippen LogP contribution in [-0.4, -0.2) is 59.5 Å². The molecule has 1 aliphatic carbocycles. The number of nitrogens with zero attached hydrogens (tertiary/aromatic N) is 1. The van der Waals surface area contributed by atoms with Crippen molar-refractivity contribution in [1.29, 1.82) is 0 Å². The maximum Gasteiger partial charge on any atom is 0.343 e. The molecule has 0 saturated heterocycles. The summed E-state index contributed by atoms with van der Waals surface area (Å²) < 4.78 is 10.9. The highest BCUT2D eigenvalue weighted by molar-refractivity contribution is 6.46. The fourth-order valence-electron chi connectivity index (χ4n) is 4.00. The second-order valence-electron chi connectivity index (χ2n) is 8.39. The number of aliphatic hydroxyl groups excluding tert-OH is 1. The molecule has 3 rings (SSSR count). The maximum absolute atomic E-state index is 13.2. The van der Waals surface area contributed by atoms with Crippen molar-refractivity contribution in [3.05, 3.63) is 57.4 Å². The third-order valence-electron chi connectivity index (χ3n) is 6.12. The number of fused-ring (bicyclic) bond motifs is 3. The molecule has 8 heteroatoms. The zero-order valence-electron chi connectivity index (χ0n) is 19.4. The van der Waals surface area contributed by atoms with Crippen molar-refractivity contribution < 1.29 is 29.0 Å². The van der Waals surface area contributed by atoms with Crippen molar-refractivity contribution in [2.45, 2.75) is 46.1 Å². The van der Waals surface area contributed by atoms with E-state index in [0.29, 0.717) is 30.2 Å². The van der Waals surface area contributed by atoms with E-state index in [9.17, 15) is 14.4 Å². The quantitative estimate of drug-likeness (QED) is 0.294. The molecule has 0 unspecified atom stereocenters. The largest absolute Gasteiger partial charge is 0.442 e. The highest BCUT2D eigenvalue weighted by Gasteiger charge is 2.56. The van der Waals surface area contributed by atoms with Gasteiger partial charge in [0.1, 0.15) is 5.57 Å². The summed E-state index contributed by atoms with van der Waals surface area (Å²) in [5.74, 6) is -1.38. The normalized spacial score (nSPS) is 23.5. The molecule has 0 saturated carbocycles. The first-order valence-electron chi connectivity index (χ1n) is 11.2. The molecule has 0 bridgehead atoms. The Balaban J connectivity index is 2.16. The lowest BCUT2D eigenvalue weighted by Crippen LogP contribution is -2.43. The molecule has 0 spiro atoms. The molecule has 0 amide bonds. The maximum atomic E-state index is 13.2. The predicted octanol–water partition coefficient (Wildman–Crippen LogP) is 3.35. The zero-order valence-corrected chi connectivity index (χ0v) is 20.2. The van der Waals surface area contributed by atoms with Crippen molar-refractivity contribution in [2.24, 2.45) is 5.92 Å². The smallest absolute Gasteiger partial charge is 0.343 e. The van der Waals surface area contributed by atoms with Gasteiger partial charge in [-0.15, -0.1) is 0 Å². The number of ether oxygens (including phenoxy) is 2. The van der Waals surface area contributed by atoms with E-state index in [-0.39, 0.29) is 41.6 Å². The van der Waals surface area contributed by atoms with E-state index in [1.165, 1.54) is 6.92 Å². The zero-order chi connectivity index (χ0) is 24.3. The van der Waals surface area contributed by atoms with Crippen LogP contribution in [0.2, 0.25) is 0 Å². The summed E-state index contributed by atoms with van der Waals surface area (Å²) in [5.41, 5.74) is 0.319. The van der Waals surface area contributed by atoms with Gasteiger partial charge in [0.25, 0.3) is 0 Å². The summed E-state index contributed by atoms with van der Waals surface area (Å²) in [6.07, 6.45) is 8.70. The van der Waals surface area contributed by atoms with Crippen molar-refractivity contribution in [3.8, 4) is 0 Å². The number of halogens is 1. The van der Waals surface area contributed by atoms with Gasteiger partial charge < -0.3 is 19.5 Å². The summed E-state index contributed by atoms with van der Waals surface area (Å²) in [6.45, 7) is 8.28. The minimum Gasteiger partial charge on any atom is -0.442 e. The van der Waals surface area contributed by atoms with E-state index in [0.717, 1.165) is 12.1 Å². The van der Waals surface area contributed by atoms with Gasteiger partial charge in [0.05, 0.1) is 24.9 Å². The average Bonchev–Trinajstić information content (AvgIpc) is 3.09. The van der Waals surface area contributed by atoms with Gasteiger partial charge in [0.15, 0.2) is 11.4 Å². The van der Waals surface area contributed by atoms with Gasteiger partial charge in [0.2, 0.25) is 5.78 Å². The number of rotatable bonds is 10. The highest BCUT2D eigenvalue weighted by atomic mass is 35.5. The highest BCUT2D eigenvalue weighted by Crippen LogP contribution is 2.49. The van der Waals surface area contributed by atoms with Gasteiger partial charge in [-0.05, 0) is 25.0 Å². The fraction of sp³-hybridized carbons (Fsp3) is 0.480. The first-order chi connectivity index (χ1) is 15.7. The number of ketones is 2. The number of carbonyl (C=O) groups excluding carboxylic acids is 3. The molecule has 3 aliphatic rings. The number of esters is 1. The third kappa shape index (κ3) is 4.63. The standard InChI is InChI=1S/C25H30ClNO6/c1-5-15(3)7-8-16-13-17-18(14-27(16)9-11-32-12-10-28)21-20(19(29)6-2)24(31)33-25(21,4)23(30)22(17)26/h7-8,13-15,28H,5-6,9-12H2,1-4H3/t15-,25-/m0/s1. The molecule has 1 N–H and O–H groups in total. The number of allylic oxidation sites excluding steroid dienone is 4. The van der Waals surface area contributed by atoms with Crippen LogP contribution in [0.15, 0.2) is 57.4 Å². The topological polar surface area (TPSA) is 93.1 Å². The van der Waals surface area contributed by atoms with Crippen LogP contribution in [0, 0.1) is 5.92 Å². The monoisotopic (exact) mass is 475 g/mol. The Hall–Kier alpha value is -2.48. The third-order valence-corrected chi connectivity index (χ3v) is 6.49. The summed E-state index contributed by atoms with van der Waals surface area (Å²) in [4.78, 5) is 40.4. The minimum absolute atomic E-state index is 0.0314. The molecule has 2 heterocycles. The van der Waals surface area contributed by atoms with E-state index in [1.807, 2.05) is 11.0 Å². The number of carbonyl (C=O) groups is 3. The Kier molecular flexibility index (Phi) is 7.77. The van der Waals surface area contributed by atoms with Crippen LogP contribution in [0.1, 0.15) is 40.5 Å². The predicted molar refractivity (Wildman–Crippen MR) is 124 cm³/mol. The van der Waals surface area contributed by atoms with E-state index in [2.05, 4.69) is 19.9 Å². The first-order valence-corrected chi connectivity index (χ1v) is 11.6. The van der Waals surface area contributed by atoms with E-state index in [1.54, 1.807) is 19.2 Å². The molecule has 33 heavy (non-hydrogen) atoms. The Morgan fingerprint density at radius 2 is 2.06 bits per heavy atom. The van der Waals surface area contributed by atoms with Crippen LogP contribution in [0.25, 0.3) is 0 Å². The Labute approximate surface area is 199 Å². The van der Waals surface area contributed by atoms with Crippen LogP contribution in [-0.2, 0) is 23.9 Å². The molecular weight excluding hydrogens is 446 g/mol. The Morgan fingerprint density at radius 3 is 2.70 bits per heavy atom. The SMILES string of the molecule is CCC(=O)C1=C2C3=CN(CCOCCO)C(C=C[C@@H](C)CC)=CC3=C(Cl)C(=O)[C@@]2(C)OC1=O. The number of aliphatic hydroxyl groups is 1. The van der Waals surface area contributed by atoms with Crippen LogP contribution in [0.5, 0.6) is 0 Å². The lowest BCUT2D eigenvalue weighted by atomic mass is 9.75. The average molecular weight is 476 g/mol. The second-order valence-corrected chi connectivity index (χ2v) is 8.77. The molecule has 0 aromatic carbocycles. The van der Waals surface area contributed by atoms with Gasteiger partial charge in [0, 0.05) is 41.6 Å². The Morgan fingerprint density at radius 1 is 1.33 bits per heavy atom. The lowest BCUT2D eigenvalue weighted by molar-refractivity contribution is -0.153. The lowest BCUT2D eigenvalue weighted by Gasteiger charge is -2.36. The van der Waals surface area contributed by atoms with Gasteiger partial charge in [-0.3, -0.25) is 9.59 Å². The van der Waals surface area contributed by atoms with Crippen LogP contribution >= 0.6 is 11.6 Å². The summed E-state index contributed by atoms with van der Waals surface area (Å²) in [5, 5.41) is 8.96. The first kappa shape index (κ1) is 25.1. The molecule has 0 aromatic rings. The minimum atomic E-state index is -1.64. The molecule has 2 aliphatic heterocycles. The number of hydrogen-bond donors (Lipinski definition) is 1. The van der Waals surface area contributed by atoms with Crippen LogP contribution in [0.4, 0.5) is 0 Å². The van der Waals surface area contributed by atoms with Gasteiger partial charge in [-0.1, -0.05) is 44.9 Å². The van der Waals surface area contributed by atoms with Crippen molar-refractivity contribution in [1.82, 2.24) is 4.90 Å². The summed E-state index contributed by atoms with van der Waals surface area (Å²) in [7, 11) is 0. The summed E-state index contributed by atoms with van der Waals surface area (Å²) in [6, 6.07) is 0. The van der Waals surface area contributed by atoms with E-state index >= 15 is 0 Å². The Bertz CT molecular complexity index is 1020. The van der Waals surface area contributed by atoms with Crippen molar-refractivity contribution >= 4 is 29.1 Å². The second kappa shape index (κ2) is 10.2. The van der Waals surface area contributed by atoms with Crippen LogP contribution in [0.3, 0.4) is 0 Å². The molecular formula is C25H30ClNO6. The molecule has 0 radical (unpaired) electrons. The molecule has 0 aromatic heterocycles. The van der Waals surface area contributed by atoms with Crippen molar-refractivity contribution in [3.63, 3.8) is 0 Å². The molecule has 7 nitrogen and oxygen atoms in total. The molecule has 178 valence electrons. The fourth-order valence-corrected chi connectivity index (χ4v) is 4.33. The van der Waals surface area contributed by atoms with E-state index in [4.69, 9.17) is 26.2 Å². The van der Waals surface area contributed by atoms with Crippen molar-refractivity contribution in [2.75, 3.05) is 26.4 Å². The number of hydrogen-bond acceptors (Lipinski definition) is 7. The summed E-state index contributed by atoms with van der Waals surface area (Å²) >= 11 is 6.51. The number of Topliss-reactive ketones (excluding diaryl/α,β-unsaturated/α-hetero) is 2.